The van der Waals surface area contributed by atoms with Crippen LogP contribution in [0.25, 0.3) is 11.0 Å². The second-order valence-corrected chi connectivity index (χ2v) is 8.78. The Morgan fingerprint density at radius 1 is 1.00 bits per heavy atom. The van der Waals surface area contributed by atoms with E-state index in [1.54, 1.807) is 33.3 Å². The van der Waals surface area contributed by atoms with Crippen molar-refractivity contribution in [2.24, 2.45) is 7.05 Å². The van der Waals surface area contributed by atoms with Crippen LogP contribution >= 0.6 is 0 Å². The summed E-state index contributed by atoms with van der Waals surface area (Å²) in [6.45, 7) is 7.82. The highest BCUT2D eigenvalue weighted by atomic mass is 16.5. The molecule has 1 aromatic carbocycles. The van der Waals surface area contributed by atoms with E-state index >= 15 is 0 Å². The highest BCUT2D eigenvalue weighted by Crippen LogP contribution is 2.38. The number of carbonyl (C=O) groups excluding carboxylic acids is 1. The van der Waals surface area contributed by atoms with Gasteiger partial charge in [-0.2, -0.15) is 5.10 Å². The Hall–Kier alpha value is -3.76. The summed E-state index contributed by atoms with van der Waals surface area (Å²) >= 11 is 0. The molecule has 3 heterocycles. The lowest BCUT2D eigenvalue weighted by atomic mass is 10.1. The van der Waals surface area contributed by atoms with E-state index in [9.17, 15) is 9.59 Å². The topological polar surface area (TPSA) is 104 Å². The van der Waals surface area contributed by atoms with E-state index in [4.69, 9.17) is 19.2 Å². The van der Waals surface area contributed by atoms with Crippen molar-refractivity contribution in [1.82, 2.24) is 24.2 Å². The molecule has 0 unspecified atom stereocenters. The third-order valence-corrected chi connectivity index (χ3v) is 6.32. The molecule has 1 amide bonds. The summed E-state index contributed by atoms with van der Waals surface area (Å²) < 4.78 is 19.4. The normalized spacial score (nSPS) is 14.1. The van der Waals surface area contributed by atoms with Crippen molar-refractivity contribution >= 4 is 22.9 Å². The first-order chi connectivity index (χ1) is 16.7. The minimum atomic E-state index is -0.128. The summed E-state index contributed by atoms with van der Waals surface area (Å²) in [5.74, 6) is 1.78. The molecule has 11 heteroatoms. The van der Waals surface area contributed by atoms with Crippen molar-refractivity contribution in [3.05, 3.63) is 33.7 Å². The summed E-state index contributed by atoms with van der Waals surface area (Å²) in [5.41, 5.74) is 2.17. The fourth-order valence-corrected chi connectivity index (χ4v) is 4.56. The maximum Gasteiger partial charge on any atom is 0.281 e. The monoisotopic (exact) mass is 484 g/mol. The number of benzene rings is 1. The van der Waals surface area contributed by atoms with Crippen LogP contribution in [0.4, 0.5) is 5.95 Å². The lowest BCUT2D eigenvalue weighted by Crippen LogP contribution is -2.50. The lowest BCUT2D eigenvalue weighted by molar-refractivity contribution is 0.0745. The van der Waals surface area contributed by atoms with Crippen LogP contribution in [0, 0.1) is 6.92 Å². The first-order valence-electron chi connectivity index (χ1n) is 11.5. The summed E-state index contributed by atoms with van der Waals surface area (Å²) in [5, 5.41) is 4.39. The lowest BCUT2D eigenvalue weighted by Gasteiger charge is -2.36. The number of amides is 1. The van der Waals surface area contributed by atoms with Gasteiger partial charge in [-0.05, 0) is 32.9 Å². The van der Waals surface area contributed by atoms with Crippen molar-refractivity contribution in [1.29, 1.82) is 0 Å². The van der Waals surface area contributed by atoms with Crippen LogP contribution in [-0.4, -0.2) is 77.6 Å². The van der Waals surface area contributed by atoms with Crippen molar-refractivity contribution in [2.75, 3.05) is 52.4 Å². The molecular formula is C24H32N6O5. The number of rotatable bonds is 6. The number of piperazine rings is 1. The minimum Gasteiger partial charge on any atom is -0.493 e. The van der Waals surface area contributed by atoms with E-state index in [-0.39, 0.29) is 17.5 Å². The number of aromatic nitrogens is 4. The fraction of sp³-hybridized carbons (Fsp3) is 0.500. The predicted octanol–water partition coefficient (Wildman–Crippen LogP) is 2.01. The number of aryl methyl sites for hydroxylation is 2. The third kappa shape index (κ3) is 4.15. The van der Waals surface area contributed by atoms with E-state index in [0.717, 1.165) is 0 Å². The smallest absolute Gasteiger partial charge is 0.281 e. The number of fused-ring (bicyclic) bond motifs is 1. The molecule has 1 aliphatic heterocycles. The summed E-state index contributed by atoms with van der Waals surface area (Å²) in [6.07, 6.45) is 0. The molecule has 2 aromatic heterocycles. The molecule has 0 atom stereocenters. The molecule has 0 radical (unpaired) electrons. The zero-order valence-electron chi connectivity index (χ0n) is 21.3. The molecule has 1 saturated heterocycles. The summed E-state index contributed by atoms with van der Waals surface area (Å²) in [4.78, 5) is 35.3. The van der Waals surface area contributed by atoms with Gasteiger partial charge in [0.2, 0.25) is 11.7 Å². The van der Waals surface area contributed by atoms with Crippen LogP contribution in [0.2, 0.25) is 0 Å². The van der Waals surface area contributed by atoms with E-state index in [0.29, 0.717) is 71.7 Å². The van der Waals surface area contributed by atoms with Crippen LogP contribution in [0.1, 0.15) is 35.9 Å². The van der Waals surface area contributed by atoms with E-state index in [2.05, 4.69) is 10.00 Å². The van der Waals surface area contributed by atoms with Gasteiger partial charge in [0.15, 0.2) is 17.0 Å². The van der Waals surface area contributed by atoms with Crippen LogP contribution in [-0.2, 0) is 7.05 Å². The van der Waals surface area contributed by atoms with Crippen molar-refractivity contribution in [3.63, 3.8) is 0 Å². The zero-order valence-corrected chi connectivity index (χ0v) is 21.3. The second-order valence-electron chi connectivity index (χ2n) is 8.78. The van der Waals surface area contributed by atoms with Crippen LogP contribution in [0.5, 0.6) is 17.2 Å². The maximum absolute atomic E-state index is 13.3. The Morgan fingerprint density at radius 2 is 1.60 bits per heavy atom. The van der Waals surface area contributed by atoms with Crippen molar-refractivity contribution in [2.45, 2.75) is 26.8 Å². The largest absolute Gasteiger partial charge is 0.493 e. The van der Waals surface area contributed by atoms with Gasteiger partial charge in [-0.3, -0.25) is 18.8 Å². The number of hydrogen-bond acceptors (Lipinski definition) is 8. The number of ether oxygens (including phenoxy) is 3. The molecular weight excluding hydrogens is 452 g/mol. The Kier molecular flexibility index (Phi) is 6.60. The molecule has 1 fully saturated rings. The highest BCUT2D eigenvalue weighted by molar-refractivity contribution is 5.96. The third-order valence-electron chi connectivity index (χ3n) is 6.32. The van der Waals surface area contributed by atoms with E-state index in [1.165, 1.54) is 21.3 Å². The Morgan fingerprint density at radius 3 is 2.11 bits per heavy atom. The summed E-state index contributed by atoms with van der Waals surface area (Å²) in [6, 6.07) is 3.24. The molecule has 0 saturated carbocycles. The molecule has 0 bridgehead atoms. The van der Waals surface area contributed by atoms with Gasteiger partial charge >= 0.3 is 0 Å². The van der Waals surface area contributed by atoms with Gasteiger partial charge in [0.25, 0.3) is 11.5 Å². The van der Waals surface area contributed by atoms with Crippen molar-refractivity contribution < 1.29 is 19.0 Å². The molecule has 0 N–H and O–H groups in total. The van der Waals surface area contributed by atoms with Gasteiger partial charge in [0.1, 0.15) is 5.52 Å². The first-order valence-corrected chi connectivity index (χ1v) is 11.5. The van der Waals surface area contributed by atoms with Crippen LogP contribution in [0.15, 0.2) is 16.9 Å². The average molecular weight is 485 g/mol. The SMILES string of the molecule is COc1cc(C(=O)N2CCN(c3nc4c(C)nn(C)c4c(=O)n3C(C)C)CC2)cc(OC)c1OC. The first kappa shape index (κ1) is 24.4. The molecule has 0 aliphatic carbocycles. The molecule has 3 aromatic rings. The number of hydrogen-bond donors (Lipinski definition) is 0. The van der Waals surface area contributed by atoms with Gasteiger partial charge in [-0.1, -0.05) is 0 Å². The molecule has 0 spiro atoms. The Balaban J connectivity index is 1.61. The average Bonchev–Trinajstić information content (AvgIpc) is 3.15. The molecule has 4 rings (SSSR count). The van der Waals surface area contributed by atoms with Gasteiger partial charge < -0.3 is 24.0 Å². The molecule has 188 valence electrons. The van der Waals surface area contributed by atoms with Gasteiger partial charge in [0.05, 0.1) is 27.0 Å². The predicted molar refractivity (Wildman–Crippen MR) is 132 cm³/mol. The van der Waals surface area contributed by atoms with E-state index < -0.39 is 0 Å². The molecule has 1 aliphatic rings. The van der Waals surface area contributed by atoms with E-state index in [1.807, 2.05) is 20.8 Å². The number of methoxy groups -OCH3 is 3. The Labute approximate surface area is 203 Å². The number of nitrogens with zero attached hydrogens (tertiary/aromatic N) is 6. The number of carbonyl (C=O) groups is 1. The van der Waals surface area contributed by atoms with Crippen molar-refractivity contribution in [3.8, 4) is 17.2 Å². The second kappa shape index (κ2) is 9.47. The minimum absolute atomic E-state index is 0.0801. The number of anilines is 1. The molecule has 35 heavy (non-hydrogen) atoms. The maximum atomic E-state index is 13.3. The quantitative estimate of drug-likeness (QED) is 0.523. The van der Waals surface area contributed by atoms with Crippen LogP contribution < -0.4 is 24.7 Å². The van der Waals surface area contributed by atoms with Crippen LogP contribution in [0.3, 0.4) is 0 Å². The highest BCUT2D eigenvalue weighted by Gasteiger charge is 2.28. The van der Waals surface area contributed by atoms with Gasteiger partial charge in [-0.15, -0.1) is 0 Å². The standard InChI is InChI=1S/C24H32N6O5/c1-14(2)30-23(32)20-19(15(3)26-27(20)4)25-24(30)29-10-8-28(9-11-29)22(31)16-12-17(33-5)21(35-7)18(13-16)34-6/h12-14H,8-11H2,1-7H3. The zero-order chi connectivity index (χ0) is 25.4. The Bertz CT molecular complexity index is 1300. The fourth-order valence-electron chi connectivity index (χ4n) is 4.56. The summed E-state index contributed by atoms with van der Waals surface area (Å²) in [7, 11) is 6.32. The van der Waals surface area contributed by atoms with Gasteiger partial charge in [-0.25, -0.2) is 4.98 Å². The van der Waals surface area contributed by atoms with Gasteiger partial charge in [0, 0.05) is 44.8 Å². The molecule has 11 nitrogen and oxygen atoms in total.